The normalized spacial score (nSPS) is 21.3. The molecule has 144 valence electrons. The van der Waals surface area contributed by atoms with Crippen LogP contribution in [0.2, 0.25) is 0 Å². The lowest BCUT2D eigenvalue weighted by Crippen LogP contribution is -2.41. The number of aryl methyl sites for hydroxylation is 2. The summed E-state index contributed by atoms with van der Waals surface area (Å²) < 4.78 is 5.48. The van der Waals surface area contributed by atoms with Crippen LogP contribution in [0.3, 0.4) is 0 Å². The van der Waals surface area contributed by atoms with Gasteiger partial charge in [0.2, 0.25) is 5.91 Å². The summed E-state index contributed by atoms with van der Waals surface area (Å²) in [6.07, 6.45) is 4.03. The first-order valence-corrected chi connectivity index (χ1v) is 10.0. The quantitative estimate of drug-likeness (QED) is 0.778. The molecular formula is C22H28N2O3. The van der Waals surface area contributed by atoms with Crippen molar-refractivity contribution < 1.29 is 9.21 Å². The van der Waals surface area contributed by atoms with Crippen LogP contribution in [0.4, 0.5) is 0 Å². The number of carbonyl (C=O) groups is 1. The maximum Gasteiger partial charge on any atom is 0.336 e. The molecule has 5 heteroatoms. The number of benzene rings is 1. The fourth-order valence-corrected chi connectivity index (χ4v) is 4.70. The Bertz CT molecular complexity index is 918. The molecule has 1 atom stereocenters. The summed E-state index contributed by atoms with van der Waals surface area (Å²) in [7, 11) is 0. The van der Waals surface area contributed by atoms with Gasteiger partial charge >= 0.3 is 5.63 Å². The molecule has 1 aromatic heterocycles. The zero-order valence-electron chi connectivity index (χ0n) is 16.3. The molecule has 0 aliphatic carbocycles. The summed E-state index contributed by atoms with van der Waals surface area (Å²) in [5.41, 5.74) is 3.66. The van der Waals surface area contributed by atoms with Gasteiger partial charge in [0.25, 0.3) is 0 Å². The molecule has 2 saturated heterocycles. The highest BCUT2D eigenvalue weighted by molar-refractivity contribution is 5.83. The molecule has 1 amide bonds. The molecule has 2 aliphatic rings. The minimum Gasteiger partial charge on any atom is -0.422 e. The highest BCUT2D eigenvalue weighted by Gasteiger charge is 2.27. The molecule has 0 spiro atoms. The number of likely N-dealkylation sites (tertiary alicyclic amines) is 2. The predicted molar refractivity (Wildman–Crippen MR) is 106 cm³/mol. The van der Waals surface area contributed by atoms with E-state index in [1.807, 2.05) is 11.8 Å². The van der Waals surface area contributed by atoms with Crippen molar-refractivity contribution in [2.75, 3.05) is 26.2 Å². The van der Waals surface area contributed by atoms with E-state index < -0.39 is 0 Å². The molecule has 0 bridgehead atoms. The van der Waals surface area contributed by atoms with E-state index in [-0.39, 0.29) is 5.63 Å². The number of fused-ring (bicyclic) bond motifs is 1. The summed E-state index contributed by atoms with van der Waals surface area (Å²) in [4.78, 5) is 28.5. The van der Waals surface area contributed by atoms with Crippen LogP contribution in [-0.4, -0.2) is 41.9 Å². The predicted octanol–water partition coefficient (Wildman–Crippen LogP) is 3.24. The van der Waals surface area contributed by atoms with Crippen LogP contribution < -0.4 is 5.63 Å². The Morgan fingerprint density at radius 1 is 1.11 bits per heavy atom. The SMILES string of the molecule is Cc1cc(C)c2oc(=O)cc(CN3CCCC(CN4CCCC4=O)C3)c2c1. The maximum atomic E-state index is 12.1. The van der Waals surface area contributed by atoms with Crippen LogP contribution >= 0.6 is 0 Å². The Hall–Kier alpha value is -2.14. The van der Waals surface area contributed by atoms with Gasteiger partial charge in [-0.25, -0.2) is 4.79 Å². The van der Waals surface area contributed by atoms with Crippen molar-refractivity contribution in [1.82, 2.24) is 9.80 Å². The Morgan fingerprint density at radius 2 is 1.96 bits per heavy atom. The number of amides is 1. The Labute approximate surface area is 159 Å². The first-order valence-electron chi connectivity index (χ1n) is 10.0. The number of hydrogen-bond donors (Lipinski definition) is 0. The number of nitrogens with zero attached hydrogens (tertiary/aromatic N) is 2. The molecule has 0 N–H and O–H groups in total. The van der Waals surface area contributed by atoms with E-state index in [1.165, 1.54) is 12.0 Å². The lowest BCUT2D eigenvalue weighted by atomic mass is 9.96. The van der Waals surface area contributed by atoms with Gasteiger partial charge in [-0.2, -0.15) is 0 Å². The summed E-state index contributed by atoms with van der Waals surface area (Å²) >= 11 is 0. The van der Waals surface area contributed by atoms with Crippen molar-refractivity contribution in [2.24, 2.45) is 5.92 Å². The van der Waals surface area contributed by atoms with E-state index in [1.54, 1.807) is 6.07 Å². The van der Waals surface area contributed by atoms with E-state index in [0.29, 0.717) is 23.8 Å². The van der Waals surface area contributed by atoms with E-state index >= 15 is 0 Å². The molecule has 1 unspecified atom stereocenters. The molecule has 3 heterocycles. The zero-order valence-corrected chi connectivity index (χ0v) is 16.3. The molecule has 2 fully saturated rings. The second-order valence-corrected chi connectivity index (χ2v) is 8.24. The fourth-order valence-electron chi connectivity index (χ4n) is 4.70. The topological polar surface area (TPSA) is 53.8 Å². The molecule has 27 heavy (non-hydrogen) atoms. The molecule has 0 saturated carbocycles. The average Bonchev–Trinajstić information content (AvgIpc) is 3.01. The molecular weight excluding hydrogens is 340 g/mol. The summed E-state index contributed by atoms with van der Waals surface area (Å²) in [6.45, 7) is 8.64. The third-order valence-electron chi connectivity index (χ3n) is 5.91. The van der Waals surface area contributed by atoms with E-state index in [0.717, 1.165) is 62.1 Å². The summed E-state index contributed by atoms with van der Waals surface area (Å²) in [5, 5.41) is 1.05. The van der Waals surface area contributed by atoms with Crippen molar-refractivity contribution in [3.8, 4) is 0 Å². The van der Waals surface area contributed by atoms with Crippen LogP contribution in [0.5, 0.6) is 0 Å². The van der Waals surface area contributed by atoms with E-state index in [4.69, 9.17) is 4.42 Å². The molecule has 2 aromatic rings. The van der Waals surface area contributed by atoms with Crippen molar-refractivity contribution in [2.45, 2.75) is 46.1 Å². The van der Waals surface area contributed by atoms with Crippen LogP contribution in [0.25, 0.3) is 11.0 Å². The standard InChI is InChI=1S/C22H28N2O3/c1-15-9-16(2)22-19(10-15)18(11-21(26)27-22)14-23-7-3-5-17(12-23)13-24-8-4-6-20(24)25/h9-11,17H,3-8,12-14H2,1-2H3. The summed E-state index contributed by atoms with van der Waals surface area (Å²) in [5.74, 6) is 0.834. The third kappa shape index (κ3) is 3.93. The second kappa shape index (κ2) is 7.47. The monoisotopic (exact) mass is 368 g/mol. The van der Waals surface area contributed by atoms with E-state index in [2.05, 4.69) is 24.0 Å². The Kier molecular flexibility index (Phi) is 5.04. The molecule has 0 radical (unpaired) electrons. The molecule has 2 aliphatic heterocycles. The van der Waals surface area contributed by atoms with Gasteiger partial charge in [-0.05, 0) is 68.3 Å². The molecule has 5 nitrogen and oxygen atoms in total. The number of hydrogen-bond acceptors (Lipinski definition) is 4. The highest BCUT2D eigenvalue weighted by atomic mass is 16.4. The van der Waals surface area contributed by atoms with Crippen molar-refractivity contribution in [3.05, 3.63) is 45.3 Å². The van der Waals surface area contributed by atoms with Gasteiger partial charge in [0, 0.05) is 44.1 Å². The average molecular weight is 368 g/mol. The van der Waals surface area contributed by atoms with Crippen LogP contribution in [0.1, 0.15) is 42.4 Å². The lowest BCUT2D eigenvalue weighted by Gasteiger charge is -2.34. The van der Waals surface area contributed by atoms with Gasteiger partial charge in [-0.15, -0.1) is 0 Å². The maximum absolute atomic E-state index is 12.1. The van der Waals surface area contributed by atoms with Gasteiger partial charge in [0.05, 0.1) is 0 Å². The number of rotatable bonds is 4. The first kappa shape index (κ1) is 18.2. The van der Waals surface area contributed by atoms with Gasteiger partial charge < -0.3 is 9.32 Å². The Balaban J connectivity index is 1.53. The third-order valence-corrected chi connectivity index (χ3v) is 5.91. The summed E-state index contributed by atoms with van der Waals surface area (Å²) in [6, 6.07) is 5.82. The minimum atomic E-state index is -0.277. The van der Waals surface area contributed by atoms with Crippen LogP contribution in [0.15, 0.2) is 27.4 Å². The Morgan fingerprint density at radius 3 is 2.74 bits per heavy atom. The van der Waals surface area contributed by atoms with Crippen molar-refractivity contribution in [3.63, 3.8) is 0 Å². The number of piperidine rings is 1. The minimum absolute atomic E-state index is 0.277. The number of carbonyl (C=O) groups excluding carboxylic acids is 1. The first-order chi connectivity index (χ1) is 13.0. The van der Waals surface area contributed by atoms with Crippen LogP contribution in [0, 0.1) is 19.8 Å². The van der Waals surface area contributed by atoms with Crippen LogP contribution in [-0.2, 0) is 11.3 Å². The largest absolute Gasteiger partial charge is 0.422 e. The van der Waals surface area contributed by atoms with Gasteiger partial charge in [0.15, 0.2) is 0 Å². The second-order valence-electron chi connectivity index (χ2n) is 8.24. The smallest absolute Gasteiger partial charge is 0.336 e. The van der Waals surface area contributed by atoms with Crippen molar-refractivity contribution >= 4 is 16.9 Å². The van der Waals surface area contributed by atoms with Gasteiger partial charge in [-0.3, -0.25) is 9.69 Å². The van der Waals surface area contributed by atoms with Crippen molar-refractivity contribution in [1.29, 1.82) is 0 Å². The van der Waals surface area contributed by atoms with Gasteiger partial charge in [0.1, 0.15) is 5.58 Å². The highest BCUT2D eigenvalue weighted by Crippen LogP contribution is 2.26. The zero-order chi connectivity index (χ0) is 19.0. The fraction of sp³-hybridized carbons (Fsp3) is 0.545. The molecule has 1 aromatic carbocycles. The lowest BCUT2D eigenvalue weighted by molar-refractivity contribution is -0.128. The molecule has 4 rings (SSSR count). The van der Waals surface area contributed by atoms with Gasteiger partial charge in [-0.1, -0.05) is 6.07 Å². The van der Waals surface area contributed by atoms with E-state index in [9.17, 15) is 9.59 Å².